The first-order chi connectivity index (χ1) is 11.5. The van der Waals surface area contributed by atoms with Crippen LogP contribution >= 0.6 is 23.2 Å². The third-order valence-corrected chi connectivity index (χ3v) is 4.25. The number of likely N-dealkylation sites (N-methyl/N-ethyl adjacent to an activating group) is 1. The van der Waals surface area contributed by atoms with E-state index >= 15 is 0 Å². The van der Waals surface area contributed by atoms with Gasteiger partial charge in [0.1, 0.15) is 12.4 Å². The summed E-state index contributed by atoms with van der Waals surface area (Å²) in [7, 11) is 2.09. The van der Waals surface area contributed by atoms with Crippen LogP contribution in [0.2, 0.25) is 10.0 Å². The van der Waals surface area contributed by atoms with Gasteiger partial charge in [0.15, 0.2) is 5.82 Å². The summed E-state index contributed by atoms with van der Waals surface area (Å²) in [6.45, 7) is 3.76. The standard InChI is InChI=1S/C15H18Cl2N6O/c1-22-4-6-23(7-5-22)15-20-13(19-14(18)21-15)9-24-12-3-2-10(16)8-11(12)17/h2-3,8H,4-7,9H2,1H3,(H2,18,19,20,21). The van der Waals surface area contributed by atoms with Gasteiger partial charge in [-0.05, 0) is 25.2 Å². The predicted octanol–water partition coefficient (Wildman–Crippen LogP) is 2.09. The Morgan fingerprint density at radius 3 is 2.58 bits per heavy atom. The summed E-state index contributed by atoms with van der Waals surface area (Å²) >= 11 is 12.0. The molecule has 1 aromatic heterocycles. The number of halogens is 2. The molecular weight excluding hydrogens is 351 g/mol. The zero-order chi connectivity index (χ0) is 17.1. The van der Waals surface area contributed by atoms with E-state index in [0.717, 1.165) is 26.2 Å². The summed E-state index contributed by atoms with van der Waals surface area (Å²) < 4.78 is 5.67. The number of anilines is 2. The Balaban J connectivity index is 1.71. The van der Waals surface area contributed by atoms with Crippen LogP contribution in [0.3, 0.4) is 0 Å². The Bertz CT molecular complexity index is 721. The number of rotatable bonds is 4. The van der Waals surface area contributed by atoms with Gasteiger partial charge >= 0.3 is 0 Å². The second-order valence-electron chi connectivity index (χ2n) is 5.56. The third kappa shape index (κ3) is 4.17. The molecule has 9 heteroatoms. The SMILES string of the molecule is CN1CCN(c2nc(N)nc(COc3ccc(Cl)cc3Cl)n2)CC1. The molecule has 24 heavy (non-hydrogen) atoms. The Labute approximate surface area is 150 Å². The molecule has 7 nitrogen and oxygen atoms in total. The van der Waals surface area contributed by atoms with E-state index in [1.807, 2.05) is 0 Å². The van der Waals surface area contributed by atoms with Gasteiger partial charge < -0.3 is 20.3 Å². The minimum atomic E-state index is 0.148. The van der Waals surface area contributed by atoms with Gasteiger partial charge in [0.25, 0.3) is 0 Å². The van der Waals surface area contributed by atoms with Crippen LogP contribution in [0, 0.1) is 0 Å². The van der Waals surface area contributed by atoms with Crippen LogP contribution in [0.25, 0.3) is 0 Å². The van der Waals surface area contributed by atoms with E-state index in [1.165, 1.54) is 0 Å². The fraction of sp³-hybridized carbons (Fsp3) is 0.400. The molecule has 0 atom stereocenters. The highest BCUT2D eigenvalue weighted by atomic mass is 35.5. The monoisotopic (exact) mass is 368 g/mol. The molecule has 0 aliphatic carbocycles. The normalized spacial score (nSPS) is 15.5. The first kappa shape index (κ1) is 17.0. The maximum Gasteiger partial charge on any atom is 0.230 e. The third-order valence-electron chi connectivity index (χ3n) is 3.72. The van der Waals surface area contributed by atoms with Crippen LogP contribution in [0.15, 0.2) is 18.2 Å². The number of aromatic nitrogens is 3. The number of piperazine rings is 1. The zero-order valence-corrected chi connectivity index (χ0v) is 14.8. The second-order valence-corrected chi connectivity index (χ2v) is 6.41. The van der Waals surface area contributed by atoms with E-state index in [0.29, 0.717) is 27.6 Å². The van der Waals surface area contributed by atoms with E-state index in [-0.39, 0.29) is 12.6 Å². The van der Waals surface area contributed by atoms with E-state index < -0.39 is 0 Å². The lowest BCUT2D eigenvalue weighted by Crippen LogP contribution is -2.45. The summed E-state index contributed by atoms with van der Waals surface area (Å²) in [4.78, 5) is 17.2. The van der Waals surface area contributed by atoms with Crippen LogP contribution in [-0.4, -0.2) is 53.1 Å². The topological polar surface area (TPSA) is 80.4 Å². The molecule has 1 aromatic carbocycles. The number of nitrogen functional groups attached to an aromatic ring is 1. The molecule has 1 saturated heterocycles. The molecule has 1 aliphatic rings. The Hall–Kier alpha value is -1.83. The lowest BCUT2D eigenvalue weighted by atomic mass is 10.3. The van der Waals surface area contributed by atoms with Gasteiger partial charge in [-0.15, -0.1) is 0 Å². The van der Waals surface area contributed by atoms with Crippen LogP contribution < -0.4 is 15.4 Å². The molecule has 0 unspecified atom stereocenters. The summed E-state index contributed by atoms with van der Waals surface area (Å²) in [6, 6.07) is 5.03. The van der Waals surface area contributed by atoms with E-state index in [4.69, 9.17) is 33.7 Å². The van der Waals surface area contributed by atoms with Gasteiger partial charge in [0, 0.05) is 31.2 Å². The molecule has 1 aliphatic heterocycles. The van der Waals surface area contributed by atoms with Gasteiger partial charge in [0.2, 0.25) is 11.9 Å². The minimum absolute atomic E-state index is 0.148. The highest BCUT2D eigenvalue weighted by Crippen LogP contribution is 2.28. The molecule has 0 spiro atoms. The van der Waals surface area contributed by atoms with Crippen molar-refractivity contribution in [3.8, 4) is 5.75 Å². The van der Waals surface area contributed by atoms with Crippen LogP contribution in [0.1, 0.15) is 5.82 Å². The molecule has 1 fully saturated rings. The molecule has 0 saturated carbocycles. The van der Waals surface area contributed by atoms with E-state index in [1.54, 1.807) is 18.2 Å². The van der Waals surface area contributed by atoms with Crippen molar-refractivity contribution in [1.29, 1.82) is 0 Å². The number of nitrogens with zero attached hydrogens (tertiary/aromatic N) is 5. The number of ether oxygens (including phenoxy) is 1. The Kier molecular flexibility index (Phi) is 5.23. The van der Waals surface area contributed by atoms with Crippen molar-refractivity contribution in [3.63, 3.8) is 0 Å². The Morgan fingerprint density at radius 1 is 1.12 bits per heavy atom. The first-order valence-electron chi connectivity index (χ1n) is 7.53. The van der Waals surface area contributed by atoms with Gasteiger partial charge in [-0.2, -0.15) is 15.0 Å². The molecule has 0 bridgehead atoms. The molecule has 2 heterocycles. The lowest BCUT2D eigenvalue weighted by Gasteiger charge is -2.32. The number of nitrogens with two attached hydrogens (primary N) is 1. The fourth-order valence-electron chi connectivity index (χ4n) is 2.37. The lowest BCUT2D eigenvalue weighted by molar-refractivity contribution is 0.294. The molecule has 3 rings (SSSR count). The largest absolute Gasteiger partial charge is 0.484 e. The highest BCUT2D eigenvalue weighted by Gasteiger charge is 2.18. The molecule has 0 radical (unpaired) electrons. The number of hydrogen-bond donors (Lipinski definition) is 1. The second kappa shape index (κ2) is 7.38. The van der Waals surface area contributed by atoms with Crippen LogP contribution in [0.5, 0.6) is 5.75 Å². The molecule has 2 aromatic rings. The smallest absolute Gasteiger partial charge is 0.230 e. The van der Waals surface area contributed by atoms with Crippen molar-refractivity contribution in [2.75, 3.05) is 43.9 Å². The van der Waals surface area contributed by atoms with Crippen molar-refractivity contribution in [3.05, 3.63) is 34.1 Å². The maximum atomic E-state index is 6.09. The van der Waals surface area contributed by atoms with Crippen molar-refractivity contribution >= 4 is 35.1 Å². The van der Waals surface area contributed by atoms with Crippen molar-refractivity contribution in [2.45, 2.75) is 6.61 Å². The first-order valence-corrected chi connectivity index (χ1v) is 8.28. The van der Waals surface area contributed by atoms with Crippen molar-refractivity contribution < 1.29 is 4.74 Å². The minimum Gasteiger partial charge on any atom is -0.484 e. The summed E-state index contributed by atoms with van der Waals surface area (Å²) in [5.74, 6) is 1.74. The fourth-order valence-corrected chi connectivity index (χ4v) is 2.84. The molecule has 0 amide bonds. The molecule has 2 N–H and O–H groups in total. The van der Waals surface area contributed by atoms with Gasteiger partial charge in [0.05, 0.1) is 5.02 Å². The molecular formula is C15H18Cl2N6O. The summed E-state index contributed by atoms with van der Waals surface area (Å²) in [6.07, 6.45) is 0. The highest BCUT2D eigenvalue weighted by molar-refractivity contribution is 6.35. The number of benzene rings is 1. The van der Waals surface area contributed by atoms with Crippen molar-refractivity contribution in [1.82, 2.24) is 19.9 Å². The van der Waals surface area contributed by atoms with E-state index in [9.17, 15) is 0 Å². The van der Waals surface area contributed by atoms with Crippen LogP contribution in [0.4, 0.5) is 11.9 Å². The van der Waals surface area contributed by atoms with Gasteiger partial charge in [-0.25, -0.2) is 0 Å². The predicted molar refractivity (Wildman–Crippen MR) is 94.7 cm³/mol. The molecule has 128 valence electrons. The maximum absolute atomic E-state index is 6.09. The summed E-state index contributed by atoms with van der Waals surface area (Å²) in [5, 5.41) is 0.984. The average molecular weight is 369 g/mol. The number of hydrogen-bond acceptors (Lipinski definition) is 7. The van der Waals surface area contributed by atoms with E-state index in [2.05, 4.69) is 31.8 Å². The van der Waals surface area contributed by atoms with Gasteiger partial charge in [-0.3, -0.25) is 0 Å². The quantitative estimate of drug-likeness (QED) is 0.884. The Morgan fingerprint density at radius 2 is 1.88 bits per heavy atom. The van der Waals surface area contributed by atoms with Crippen LogP contribution in [-0.2, 0) is 6.61 Å². The van der Waals surface area contributed by atoms with Gasteiger partial charge in [-0.1, -0.05) is 23.2 Å². The van der Waals surface area contributed by atoms with Crippen molar-refractivity contribution in [2.24, 2.45) is 0 Å². The average Bonchev–Trinajstić information content (AvgIpc) is 2.54. The zero-order valence-electron chi connectivity index (χ0n) is 13.2. The summed E-state index contributed by atoms with van der Waals surface area (Å²) in [5.41, 5.74) is 5.81.